The minimum Gasteiger partial charge on any atom is -0.537 e. The fourth-order valence-corrected chi connectivity index (χ4v) is 15.6. The number of hydrogen-bond acceptors (Lipinski definition) is 4. The average Bonchev–Trinajstić information content (AvgIpc) is 1.07. The lowest BCUT2D eigenvalue weighted by molar-refractivity contribution is 0.459. The van der Waals surface area contributed by atoms with E-state index in [4.69, 9.17) is 13.5 Å². The van der Waals surface area contributed by atoms with Gasteiger partial charge in [-0.15, -0.1) is 0 Å². The summed E-state index contributed by atoms with van der Waals surface area (Å²) in [5.41, 5.74) is 20.3. The van der Waals surface area contributed by atoms with Gasteiger partial charge < -0.3 is 18.5 Å². The van der Waals surface area contributed by atoms with Gasteiger partial charge in [-0.2, -0.15) is 0 Å². The second kappa shape index (κ2) is 26.6. The summed E-state index contributed by atoms with van der Waals surface area (Å²) >= 11 is 3.53. The zero-order chi connectivity index (χ0) is 68.0. The van der Waals surface area contributed by atoms with Crippen LogP contribution in [0.25, 0.3) is 186 Å². The Labute approximate surface area is 598 Å². The van der Waals surface area contributed by atoms with Gasteiger partial charge >= 0.3 is 7.69 Å². The molecule has 0 saturated carbocycles. The number of hydrogen-bond donors (Lipinski definition) is 1. The molecule has 0 aliphatic rings. The molecule has 479 valence electrons. The molecule has 20 aromatic rings. The highest BCUT2D eigenvalue weighted by Crippen LogP contribution is 2.48. The maximum absolute atomic E-state index is 9.42. The lowest BCUT2D eigenvalue weighted by atomic mass is 9.85. The Morgan fingerprint density at radius 3 is 0.961 bits per heavy atom. The van der Waals surface area contributed by atoms with Gasteiger partial charge in [-0.1, -0.05) is 325 Å². The Morgan fingerprint density at radius 2 is 0.539 bits per heavy atom. The first-order valence-electron chi connectivity index (χ1n) is 34.3. The minimum absolute atomic E-state index is 0.665. The van der Waals surface area contributed by atoms with Crippen LogP contribution in [-0.4, -0.2) is 12.7 Å². The van der Waals surface area contributed by atoms with E-state index in [0.717, 1.165) is 106 Å². The number of para-hydroxylation sites is 4. The Kier molecular flexibility index (Phi) is 16.1. The van der Waals surface area contributed by atoms with Crippen molar-refractivity contribution in [2.45, 2.75) is 0 Å². The maximum Gasteiger partial charge on any atom is 0.569 e. The quantitative estimate of drug-likeness (QED) is 0.116. The molecule has 4 nitrogen and oxygen atoms in total. The summed E-state index contributed by atoms with van der Waals surface area (Å²) in [5.74, 6) is 0.665. The van der Waals surface area contributed by atoms with E-state index >= 15 is 0 Å². The number of benzene rings is 18. The Bertz CT molecular complexity index is 6530. The molecule has 0 unspecified atom stereocenters. The molecule has 0 fully saturated rings. The van der Waals surface area contributed by atoms with Crippen molar-refractivity contribution in [3.8, 4) is 83.6 Å². The summed E-state index contributed by atoms with van der Waals surface area (Å²) in [6.07, 6.45) is 0. The van der Waals surface area contributed by atoms with E-state index in [2.05, 4.69) is 301 Å². The van der Waals surface area contributed by atoms with Gasteiger partial charge in [-0.3, -0.25) is 0 Å². The van der Waals surface area contributed by atoms with Crippen molar-refractivity contribution in [3.05, 3.63) is 368 Å². The molecule has 102 heavy (non-hydrogen) atoms. The summed E-state index contributed by atoms with van der Waals surface area (Å²) in [7, 11) is 0.758. The van der Waals surface area contributed by atoms with Crippen LogP contribution in [0.4, 0.5) is 0 Å². The predicted molar refractivity (Wildman–Crippen MR) is 433 cm³/mol. The molecule has 2 aromatic heterocycles. The third-order valence-corrected chi connectivity index (χ3v) is 20.4. The topological polar surface area (TPSA) is 55.7 Å². The fraction of sp³-hybridized carbons (Fsp3) is 0. The van der Waals surface area contributed by atoms with Gasteiger partial charge in [0.05, 0.1) is 0 Å². The first kappa shape index (κ1) is 61.7. The Morgan fingerprint density at radius 1 is 0.235 bits per heavy atom. The molecule has 1 radical (unpaired) electrons. The van der Waals surface area contributed by atoms with E-state index in [9.17, 15) is 5.02 Å². The second-order valence-corrected chi connectivity index (χ2v) is 26.7. The Hall–Kier alpha value is -12.6. The highest BCUT2D eigenvalue weighted by molar-refractivity contribution is 9.10. The lowest BCUT2D eigenvalue weighted by Gasteiger charge is -2.18. The van der Waals surface area contributed by atoms with E-state index in [0.29, 0.717) is 5.75 Å². The van der Waals surface area contributed by atoms with Gasteiger partial charge in [-0.25, -0.2) is 0 Å². The first-order chi connectivity index (χ1) is 50.5. The van der Waals surface area contributed by atoms with Gasteiger partial charge in [0.2, 0.25) is 0 Å². The van der Waals surface area contributed by atoms with Gasteiger partial charge in [0.15, 0.2) is 0 Å². The van der Waals surface area contributed by atoms with Crippen molar-refractivity contribution < 1.29 is 18.5 Å². The third kappa shape index (κ3) is 11.3. The van der Waals surface area contributed by atoms with Crippen LogP contribution in [0.15, 0.2) is 377 Å². The fourth-order valence-electron chi connectivity index (χ4n) is 15.2. The number of halogens is 1. The monoisotopic (exact) mass is 1370 g/mol. The molecule has 6 heteroatoms. The number of furan rings is 2. The van der Waals surface area contributed by atoms with Gasteiger partial charge in [-0.05, 0) is 175 Å². The smallest absolute Gasteiger partial charge is 0.537 e. The van der Waals surface area contributed by atoms with Crippen molar-refractivity contribution in [2.24, 2.45) is 0 Å². The van der Waals surface area contributed by atoms with Gasteiger partial charge in [0.25, 0.3) is 0 Å². The normalized spacial score (nSPS) is 11.4. The van der Waals surface area contributed by atoms with Gasteiger partial charge in [0.1, 0.15) is 28.1 Å². The highest BCUT2D eigenvalue weighted by Gasteiger charge is 2.21. The van der Waals surface area contributed by atoms with Crippen LogP contribution in [0.3, 0.4) is 0 Å². The predicted octanol–water partition coefficient (Wildman–Crippen LogP) is 27.1. The molecule has 0 amide bonds. The van der Waals surface area contributed by atoms with Crippen LogP contribution in [0.1, 0.15) is 0 Å². The molecule has 0 aliphatic heterocycles. The van der Waals surface area contributed by atoms with E-state index < -0.39 is 0 Å². The molecule has 2 heterocycles. The molecule has 0 spiro atoms. The summed E-state index contributed by atoms with van der Waals surface area (Å²) in [5, 5.41) is 28.1. The van der Waals surface area contributed by atoms with Crippen molar-refractivity contribution in [1.29, 1.82) is 0 Å². The summed E-state index contributed by atoms with van der Waals surface area (Å²) in [6, 6.07) is 129. The molecule has 0 saturated heterocycles. The molecule has 18 aromatic carbocycles. The summed E-state index contributed by atoms with van der Waals surface area (Å²) in [6.45, 7) is 0. The van der Waals surface area contributed by atoms with Crippen LogP contribution in [0.2, 0.25) is 0 Å². The SMILES string of the molecule is Brc1cccc(-c2cccc3c2oc2ccccc23)c1.O[B]Oc1c2ccccc2c(-c2cccc(-c3ccc4ccccc4c3)c2)c2ccccc12.c1cc(-c2ccc3ccccc3c2)cc(-c2c3ccccc3c(-c3cccc(-c4cccc5c4oc4ccccc45)c3)c3ccccc23)c1. The second-order valence-electron chi connectivity index (χ2n) is 25.8. The molecule has 20 rings (SSSR count). The van der Waals surface area contributed by atoms with Crippen LogP contribution in [0, 0.1) is 0 Å². The van der Waals surface area contributed by atoms with Crippen molar-refractivity contribution in [1.82, 2.24) is 0 Å². The van der Waals surface area contributed by atoms with Gasteiger partial charge in [0, 0.05) is 47.9 Å². The van der Waals surface area contributed by atoms with Crippen molar-refractivity contribution in [3.63, 3.8) is 0 Å². The molecule has 0 bridgehead atoms. The van der Waals surface area contributed by atoms with E-state index in [-0.39, 0.29) is 0 Å². The largest absolute Gasteiger partial charge is 0.569 e. The van der Waals surface area contributed by atoms with Crippen LogP contribution in [-0.2, 0) is 0 Å². The molecular formula is C96H61BBrO4. The molecule has 0 aliphatic carbocycles. The number of fused-ring (bicyclic) bond motifs is 12. The highest BCUT2D eigenvalue weighted by atomic mass is 79.9. The molecule has 0 atom stereocenters. The Balaban J connectivity index is 0.000000121. The van der Waals surface area contributed by atoms with Crippen molar-refractivity contribution in [2.75, 3.05) is 0 Å². The number of rotatable bonds is 9. The molecular weight excluding hydrogens is 1310 g/mol. The first-order valence-corrected chi connectivity index (χ1v) is 35.1. The standard InChI is InChI=1S/C48H30O.C30H20BO2.C18H11BrO/c1-2-13-32-28-34(27-26-31(32)12-1)33-14-9-16-36(29-33)46-40-19-3-5-21-42(40)47(43-22-6-4-20-41(43)46)37-17-10-15-35(30-37)38-23-11-24-44-39-18-7-8-25-45(39)49-48(38)44;32-31-33-30-27-14-5-3-12-25(27)29(26-13-4-6-15-28(26)30)24-11-7-10-22(19-24)23-17-16-20-8-1-2-9-21(20)18-23;19-13-6-3-5-12(11-13)14-8-4-9-16-15-7-1-2-10-17(15)20-18(14)16/h1-30H;1-19,32H;1-11H. The minimum atomic E-state index is 0.665. The van der Waals surface area contributed by atoms with E-state index in [1.54, 1.807) is 0 Å². The maximum atomic E-state index is 9.42. The van der Waals surface area contributed by atoms with Crippen molar-refractivity contribution >= 4 is 132 Å². The third-order valence-electron chi connectivity index (χ3n) is 19.9. The van der Waals surface area contributed by atoms with Crippen LogP contribution in [0.5, 0.6) is 5.75 Å². The average molecular weight is 1370 g/mol. The molecule has 1 N–H and O–H groups in total. The van der Waals surface area contributed by atoms with Crippen LogP contribution < -0.4 is 4.65 Å². The zero-order valence-electron chi connectivity index (χ0n) is 55.3. The summed E-state index contributed by atoms with van der Waals surface area (Å²) < 4.78 is 19.2. The van der Waals surface area contributed by atoms with E-state index in [1.165, 1.54) is 93.0 Å². The summed E-state index contributed by atoms with van der Waals surface area (Å²) in [4.78, 5) is 0. The zero-order valence-corrected chi connectivity index (χ0v) is 56.9. The van der Waals surface area contributed by atoms with Crippen LogP contribution >= 0.6 is 15.9 Å². The van der Waals surface area contributed by atoms with E-state index in [1.807, 2.05) is 78.9 Å². The lowest BCUT2D eigenvalue weighted by Crippen LogP contribution is -2.02.